The van der Waals surface area contributed by atoms with E-state index in [1.54, 1.807) is 7.05 Å². The van der Waals surface area contributed by atoms with Crippen molar-refractivity contribution >= 4 is 29.2 Å². The van der Waals surface area contributed by atoms with Crippen LogP contribution in [0.4, 0.5) is 23.3 Å². The third kappa shape index (κ3) is 4.82. The Balaban J connectivity index is 1.97. The van der Waals surface area contributed by atoms with Crippen LogP contribution in [-0.4, -0.2) is 27.9 Å². The molecule has 0 fully saturated rings. The van der Waals surface area contributed by atoms with Gasteiger partial charge in [0, 0.05) is 18.4 Å². The first-order valence-electron chi connectivity index (χ1n) is 9.01. The van der Waals surface area contributed by atoms with Crippen LogP contribution in [0.25, 0.3) is 0 Å². The van der Waals surface area contributed by atoms with E-state index in [1.807, 2.05) is 52.0 Å². The summed E-state index contributed by atoms with van der Waals surface area (Å²) in [5.41, 5.74) is 6.19. The third-order valence-electron chi connectivity index (χ3n) is 4.02. The van der Waals surface area contributed by atoms with Gasteiger partial charge in [-0.3, -0.25) is 4.79 Å². The van der Waals surface area contributed by atoms with Gasteiger partial charge in [-0.2, -0.15) is 15.0 Å². The lowest BCUT2D eigenvalue weighted by Crippen LogP contribution is -2.22. The van der Waals surface area contributed by atoms with Crippen molar-refractivity contribution in [3.05, 3.63) is 64.5 Å². The maximum atomic E-state index is 12.1. The molecule has 0 spiro atoms. The second-order valence-electron chi connectivity index (χ2n) is 6.89. The minimum atomic E-state index is -0.380. The highest BCUT2D eigenvalue weighted by Crippen LogP contribution is 2.21. The lowest BCUT2D eigenvalue weighted by Gasteiger charge is -2.11. The molecule has 0 saturated carbocycles. The van der Waals surface area contributed by atoms with E-state index in [0.717, 1.165) is 33.6 Å². The quantitative estimate of drug-likeness (QED) is 0.624. The number of nitrogens with one attached hydrogen (secondary N) is 3. The lowest BCUT2D eigenvalue weighted by atomic mass is 10.1. The van der Waals surface area contributed by atoms with Crippen LogP contribution >= 0.6 is 0 Å². The maximum absolute atomic E-state index is 12.1. The molecular weight excluding hydrogens is 352 g/mol. The van der Waals surface area contributed by atoms with Gasteiger partial charge in [-0.25, -0.2) is 0 Å². The molecule has 0 aliphatic rings. The van der Waals surface area contributed by atoms with E-state index in [4.69, 9.17) is 0 Å². The predicted octanol–water partition coefficient (Wildman–Crippen LogP) is 3.95. The highest BCUT2D eigenvalue weighted by Gasteiger charge is 2.13. The van der Waals surface area contributed by atoms with Crippen LogP contribution in [0.2, 0.25) is 0 Å². The summed E-state index contributed by atoms with van der Waals surface area (Å²) in [5, 5.41) is 8.90. The maximum Gasteiger partial charge on any atom is 0.289 e. The van der Waals surface area contributed by atoms with Crippen molar-refractivity contribution in [2.24, 2.45) is 0 Å². The highest BCUT2D eigenvalue weighted by atomic mass is 16.2. The molecule has 0 radical (unpaired) electrons. The Morgan fingerprint density at radius 1 is 0.679 bits per heavy atom. The molecule has 0 atom stereocenters. The molecule has 7 nitrogen and oxygen atoms in total. The third-order valence-corrected chi connectivity index (χ3v) is 4.02. The van der Waals surface area contributed by atoms with E-state index < -0.39 is 0 Å². The number of anilines is 4. The van der Waals surface area contributed by atoms with Crippen molar-refractivity contribution < 1.29 is 4.79 Å². The fourth-order valence-electron chi connectivity index (χ4n) is 3.05. The number of amides is 1. The van der Waals surface area contributed by atoms with Crippen molar-refractivity contribution in [2.45, 2.75) is 27.7 Å². The van der Waals surface area contributed by atoms with Crippen LogP contribution in [0.5, 0.6) is 0 Å². The number of nitrogens with zero attached hydrogens (tertiary/aromatic N) is 3. The first-order chi connectivity index (χ1) is 13.3. The molecule has 7 heteroatoms. The molecule has 28 heavy (non-hydrogen) atoms. The molecule has 0 unspecified atom stereocenters. The van der Waals surface area contributed by atoms with E-state index in [-0.39, 0.29) is 11.7 Å². The van der Waals surface area contributed by atoms with Crippen molar-refractivity contribution in [3.8, 4) is 0 Å². The fraction of sp³-hybridized carbons (Fsp3) is 0.238. The van der Waals surface area contributed by atoms with Crippen LogP contribution in [0.15, 0.2) is 36.4 Å². The van der Waals surface area contributed by atoms with E-state index in [1.165, 1.54) is 0 Å². The Morgan fingerprint density at radius 2 is 1.07 bits per heavy atom. The topological polar surface area (TPSA) is 91.8 Å². The minimum absolute atomic E-state index is 0.0382. The number of rotatable bonds is 5. The van der Waals surface area contributed by atoms with Crippen LogP contribution in [0.1, 0.15) is 32.9 Å². The number of benzene rings is 2. The van der Waals surface area contributed by atoms with Gasteiger partial charge in [0.25, 0.3) is 5.91 Å². The normalized spacial score (nSPS) is 10.5. The predicted molar refractivity (Wildman–Crippen MR) is 112 cm³/mol. The Hall–Kier alpha value is -3.48. The monoisotopic (exact) mass is 376 g/mol. The van der Waals surface area contributed by atoms with E-state index in [9.17, 15) is 4.79 Å². The molecule has 144 valence electrons. The summed E-state index contributed by atoms with van der Waals surface area (Å²) in [5.74, 6) is 0.251. The first kappa shape index (κ1) is 19.3. The molecule has 0 bridgehead atoms. The zero-order valence-corrected chi connectivity index (χ0v) is 16.7. The number of aromatic nitrogens is 3. The number of carbonyl (C=O) groups excluding carboxylic acids is 1. The molecule has 3 N–H and O–H groups in total. The number of carbonyl (C=O) groups is 1. The molecule has 0 saturated heterocycles. The Kier molecular flexibility index (Phi) is 5.54. The molecule has 1 heterocycles. The van der Waals surface area contributed by atoms with Crippen LogP contribution in [-0.2, 0) is 0 Å². The van der Waals surface area contributed by atoms with E-state index >= 15 is 0 Å². The van der Waals surface area contributed by atoms with E-state index in [0.29, 0.717) is 11.9 Å². The van der Waals surface area contributed by atoms with Crippen LogP contribution in [0.3, 0.4) is 0 Å². The van der Waals surface area contributed by atoms with E-state index in [2.05, 4.69) is 43.0 Å². The van der Waals surface area contributed by atoms with Gasteiger partial charge < -0.3 is 16.0 Å². The molecule has 1 aromatic heterocycles. The molecule has 2 aromatic carbocycles. The summed E-state index contributed by atoms with van der Waals surface area (Å²) < 4.78 is 0. The van der Waals surface area contributed by atoms with Gasteiger partial charge in [0.1, 0.15) is 0 Å². The van der Waals surface area contributed by atoms with Crippen molar-refractivity contribution in [2.75, 3.05) is 17.7 Å². The van der Waals surface area contributed by atoms with Gasteiger partial charge in [0.05, 0.1) is 0 Å². The number of hydrogen-bond donors (Lipinski definition) is 3. The summed E-state index contributed by atoms with van der Waals surface area (Å²) in [7, 11) is 1.54. The average molecular weight is 376 g/mol. The smallest absolute Gasteiger partial charge is 0.289 e. The van der Waals surface area contributed by atoms with Crippen molar-refractivity contribution in [3.63, 3.8) is 0 Å². The zero-order valence-electron chi connectivity index (χ0n) is 16.7. The highest BCUT2D eigenvalue weighted by molar-refractivity contribution is 5.90. The Bertz CT molecular complexity index is 919. The minimum Gasteiger partial charge on any atom is -0.352 e. The summed E-state index contributed by atoms with van der Waals surface area (Å²) in [6.45, 7) is 8.09. The molecular formula is C21H24N6O. The van der Waals surface area contributed by atoms with Gasteiger partial charge >= 0.3 is 0 Å². The van der Waals surface area contributed by atoms with Gasteiger partial charge in [0.15, 0.2) is 0 Å². The van der Waals surface area contributed by atoms with Gasteiger partial charge in [-0.1, -0.05) is 12.1 Å². The Labute approximate surface area is 164 Å². The van der Waals surface area contributed by atoms with Gasteiger partial charge in [0.2, 0.25) is 17.7 Å². The van der Waals surface area contributed by atoms with Crippen molar-refractivity contribution in [1.29, 1.82) is 0 Å². The molecule has 3 aromatic rings. The summed E-state index contributed by atoms with van der Waals surface area (Å²) in [6, 6.07) is 12.1. The molecule has 1 amide bonds. The van der Waals surface area contributed by atoms with Gasteiger partial charge in [-0.15, -0.1) is 0 Å². The van der Waals surface area contributed by atoms with Crippen LogP contribution < -0.4 is 16.0 Å². The SMILES string of the molecule is CNC(=O)c1nc(Nc2cc(C)cc(C)c2)nc(Nc2cc(C)cc(C)c2)n1. The first-order valence-corrected chi connectivity index (χ1v) is 9.01. The number of aryl methyl sites for hydroxylation is 4. The molecule has 0 aliphatic heterocycles. The standard InChI is InChI=1S/C21H24N6O/c1-12-6-13(2)9-16(8-12)23-20-25-18(19(28)22-5)26-21(27-20)24-17-10-14(3)7-15(4)11-17/h6-11H,1-5H3,(H,22,28)(H2,23,24,25,26,27). The largest absolute Gasteiger partial charge is 0.352 e. The lowest BCUT2D eigenvalue weighted by molar-refractivity contribution is 0.0952. The van der Waals surface area contributed by atoms with Gasteiger partial charge in [-0.05, 0) is 74.2 Å². The second kappa shape index (κ2) is 8.04. The number of hydrogen-bond acceptors (Lipinski definition) is 6. The fourth-order valence-corrected chi connectivity index (χ4v) is 3.05. The summed E-state index contributed by atoms with van der Waals surface area (Å²) >= 11 is 0. The molecule has 3 rings (SSSR count). The molecule has 0 aliphatic carbocycles. The Morgan fingerprint density at radius 3 is 1.43 bits per heavy atom. The average Bonchev–Trinajstić information content (AvgIpc) is 2.59. The summed E-state index contributed by atoms with van der Waals surface area (Å²) in [6.07, 6.45) is 0. The second-order valence-corrected chi connectivity index (χ2v) is 6.89. The summed E-state index contributed by atoms with van der Waals surface area (Å²) in [4.78, 5) is 25.1. The van der Waals surface area contributed by atoms with Crippen molar-refractivity contribution in [1.82, 2.24) is 20.3 Å². The van der Waals surface area contributed by atoms with Crippen LogP contribution in [0, 0.1) is 27.7 Å². The zero-order chi connectivity index (χ0) is 20.3.